The number of alkyl halides is 8. The Balaban J connectivity index is 2.87. The molecular weight excluding hydrogens is 336 g/mol. The van der Waals surface area contributed by atoms with Crippen LogP contribution in [0.2, 0.25) is 5.02 Å². The van der Waals surface area contributed by atoms with Crippen molar-refractivity contribution >= 4 is 11.6 Å². The van der Waals surface area contributed by atoms with Gasteiger partial charge in [0.25, 0.3) is 0 Å². The van der Waals surface area contributed by atoms with E-state index >= 15 is 0 Å². The van der Waals surface area contributed by atoms with Crippen molar-refractivity contribution in [1.82, 2.24) is 0 Å². The van der Waals surface area contributed by atoms with Gasteiger partial charge in [-0.15, -0.1) is 0 Å². The fraction of sp³-hybridized carbons (Fsp3) is 0.455. The Labute approximate surface area is 118 Å². The lowest BCUT2D eigenvalue weighted by Gasteiger charge is -2.31. The van der Waals surface area contributed by atoms with E-state index in [1.165, 1.54) is 12.1 Å². The highest BCUT2D eigenvalue weighted by molar-refractivity contribution is 6.30. The van der Waals surface area contributed by atoms with E-state index in [0.717, 1.165) is 12.1 Å². The molecule has 0 saturated carbocycles. The van der Waals surface area contributed by atoms with Gasteiger partial charge in [0, 0.05) is 5.02 Å². The number of hydrogen-bond donors (Lipinski definition) is 0. The van der Waals surface area contributed by atoms with Crippen molar-refractivity contribution in [2.45, 2.75) is 24.2 Å². The minimum Gasteiger partial charge on any atom is -0.487 e. The van der Waals surface area contributed by atoms with Crippen LogP contribution in [0, 0.1) is 0 Å². The molecule has 1 nitrogen and oxygen atoms in total. The lowest BCUT2D eigenvalue weighted by Crippen LogP contribution is -2.59. The minimum absolute atomic E-state index is 0.184. The van der Waals surface area contributed by atoms with Crippen molar-refractivity contribution in [3.8, 4) is 5.75 Å². The molecular formula is C11H7ClF8O. The largest absolute Gasteiger partial charge is 0.487 e. The third kappa shape index (κ3) is 3.50. The second kappa shape index (κ2) is 5.86. The van der Waals surface area contributed by atoms with E-state index in [9.17, 15) is 35.1 Å². The Bertz CT molecular complexity index is 474. The maximum atomic E-state index is 13.1. The highest BCUT2D eigenvalue weighted by Crippen LogP contribution is 2.48. The molecule has 0 bridgehead atoms. The summed E-state index contributed by atoms with van der Waals surface area (Å²) in [6.07, 6.45) is -4.95. The van der Waals surface area contributed by atoms with Crippen LogP contribution in [0.4, 0.5) is 35.1 Å². The monoisotopic (exact) mass is 342 g/mol. The smallest absolute Gasteiger partial charge is 0.381 e. The molecule has 0 aliphatic heterocycles. The van der Waals surface area contributed by atoms with E-state index in [1.54, 1.807) is 0 Å². The molecule has 0 saturated heterocycles. The number of rotatable bonds is 6. The molecule has 0 aliphatic rings. The highest BCUT2D eigenvalue weighted by Gasteiger charge is 2.75. The van der Waals surface area contributed by atoms with Crippen LogP contribution in [-0.4, -0.2) is 30.8 Å². The van der Waals surface area contributed by atoms with Crippen molar-refractivity contribution in [2.75, 3.05) is 6.61 Å². The predicted octanol–water partition coefficient (Wildman–Crippen LogP) is 4.89. The molecule has 0 radical (unpaired) electrons. The third-order valence-corrected chi connectivity index (χ3v) is 2.64. The Morgan fingerprint density at radius 1 is 0.952 bits per heavy atom. The van der Waals surface area contributed by atoms with Gasteiger partial charge >= 0.3 is 24.2 Å². The Kier molecular flexibility index (Phi) is 4.97. The lowest BCUT2D eigenvalue weighted by molar-refractivity contribution is -0.342. The van der Waals surface area contributed by atoms with E-state index < -0.39 is 30.8 Å². The van der Waals surface area contributed by atoms with Crippen LogP contribution in [0.15, 0.2) is 24.3 Å². The first-order chi connectivity index (χ1) is 9.42. The van der Waals surface area contributed by atoms with Crippen LogP contribution in [0.5, 0.6) is 5.75 Å². The topological polar surface area (TPSA) is 9.23 Å². The SMILES string of the molecule is FC(F)C(F)(F)C(F)(F)C(F)(F)COc1ccc(Cl)cc1. The molecule has 1 rings (SSSR count). The van der Waals surface area contributed by atoms with Crippen LogP contribution >= 0.6 is 11.6 Å². The Hall–Kier alpha value is -1.25. The summed E-state index contributed by atoms with van der Waals surface area (Å²) in [4.78, 5) is 0. The first-order valence-electron chi connectivity index (χ1n) is 5.22. The highest BCUT2D eigenvalue weighted by atomic mass is 35.5. The number of hydrogen-bond acceptors (Lipinski definition) is 1. The molecule has 0 aliphatic carbocycles. The summed E-state index contributed by atoms with van der Waals surface area (Å²) in [7, 11) is 0. The van der Waals surface area contributed by atoms with E-state index in [2.05, 4.69) is 4.74 Å². The van der Waals surface area contributed by atoms with Crippen molar-refractivity contribution in [3.05, 3.63) is 29.3 Å². The average Bonchev–Trinajstić information content (AvgIpc) is 2.37. The van der Waals surface area contributed by atoms with Gasteiger partial charge in [0.05, 0.1) is 0 Å². The van der Waals surface area contributed by atoms with Gasteiger partial charge < -0.3 is 4.74 Å². The zero-order valence-corrected chi connectivity index (χ0v) is 10.7. The summed E-state index contributed by atoms with van der Waals surface area (Å²) in [5.74, 6) is -18.3. The first-order valence-corrected chi connectivity index (χ1v) is 5.59. The van der Waals surface area contributed by atoms with Crippen molar-refractivity contribution in [1.29, 1.82) is 0 Å². The van der Waals surface area contributed by atoms with E-state index in [1.807, 2.05) is 0 Å². The molecule has 120 valence electrons. The van der Waals surface area contributed by atoms with Crippen molar-refractivity contribution in [2.24, 2.45) is 0 Å². The average molecular weight is 343 g/mol. The quantitative estimate of drug-likeness (QED) is 0.669. The van der Waals surface area contributed by atoms with Crippen LogP contribution in [-0.2, 0) is 0 Å². The number of benzene rings is 1. The Morgan fingerprint density at radius 3 is 1.86 bits per heavy atom. The maximum Gasteiger partial charge on any atom is 0.381 e. The van der Waals surface area contributed by atoms with Crippen molar-refractivity contribution < 1.29 is 39.9 Å². The predicted molar refractivity (Wildman–Crippen MR) is 57.8 cm³/mol. The zero-order chi connectivity index (χ0) is 16.5. The maximum absolute atomic E-state index is 13.1. The van der Waals surface area contributed by atoms with Crippen LogP contribution < -0.4 is 4.74 Å². The minimum atomic E-state index is -6.28. The lowest BCUT2D eigenvalue weighted by atomic mass is 10.1. The van der Waals surface area contributed by atoms with Crippen molar-refractivity contribution in [3.63, 3.8) is 0 Å². The van der Waals surface area contributed by atoms with E-state index in [0.29, 0.717) is 0 Å². The summed E-state index contributed by atoms with van der Waals surface area (Å²) in [5.41, 5.74) is 0. The van der Waals surface area contributed by atoms with Crippen LogP contribution in [0.1, 0.15) is 0 Å². The molecule has 0 amide bonds. The number of ether oxygens (including phenoxy) is 1. The van der Waals surface area contributed by atoms with Crippen LogP contribution in [0.25, 0.3) is 0 Å². The molecule has 1 aromatic carbocycles. The second-order valence-electron chi connectivity index (χ2n) is 3.95. The van der Waals surface area contributed by atoms with Gasteiger partial charge in [-0.2, -0.15) is 26.3 Å². The zero-order valence-electron chi connectivity index (χ0n) is 9.90. The normalized spacial score (nSPS) is 13.6. The summed E-state index contributed by atoms with van der Waals surface area (Å²) in [6, 6.07) is 4.37. The Morgan fingerprint density at radius 2 is 1.43 bits per heavy atom. The van der Waals surface area contributed by atoms with Gasteiger partial charge in [-0.25, -0.2) is 8.78 Å². The molecule has 0 heterocycles. The molecule has 0 unspecified atom stereocenters. The summed E-state index contributed by atoms with van der Waals surface area (Å²) in [5, 5.41) is 0.184. The molecule has 0 fully saturated rings. The second-order valence-corrected chi connectivity index (χ2v) is 4.38. The fourth-order valence-electron chi connectivity index (χ4n) is 1.18. The first kappa shape index (κ1) is 17.8. The van der Waals surface area contributed by atoms with E-state index in [4.69, 9.17) is 11.6 Å². The van der Waals surface area contributed by atoms with Gasteiger partial charge in [0.1, 0.15) is 5.75 Å². The summed E-state index contributed by atoms with van der Waals surface area (Å²) < 4.78 is 105. The molecule has 0 aromatic heterocycles. The molecule has 0 atom stereocenters. The van der Waals surface area contributed by atoms with Crippen LogP contribution in [0.3, 0.4) is 0 Å². The molecule has 0 spiro atoms. The number of halogens is 9. The van der Waals surface area contributed by atoms with Gasteiger partial charge in [-0.05, 0) is 24.3 Å². The van der Waals surface area contributed by atoms with Gasteiger partial charge in [-0.1, -0.05) is 11.6 Å². The standard InChI is InChI=1S/C11H7ClF8O/c12-6-1-3-7(4-2-6)21-5-9(15,16)11(19,20)10(17,18)8(13)14/h1-4,8H,5H2. The molecule has 10 heteroatoms. The van der Waals surface area contributed by atoms with E-state index in [-0.39, 0.29) is 10.8 Å². The summed E-state index contributed by atoms with van der Waals surface area (Å²) in [6.45, 7) is -2.20. The molecule has 0 N–H and O–H groups in total. The molecule has 21 heavy (non-hydrogen) atoms. The van der Waals surface area contributed by atoms with Gasteiger partial charge in [0.15, 0.2) is 6.61 Å². The van der Waals surface area contributed by atoms with Gasteiger partial charge in [0.2, 0.25) is 0 Å². The summed E-state index contributed by atoms with van der Waals surface area (Å²) >= 11 is 5.46. The third-order valence-electron chi connectivity index (χ3n) is 2.39. The fourth-order valence-corrected chi connectivity index (χ4v) is 1.30. The molecule has 1 aromatic rings. The van der Waals surface area contributed by atoms with Gasteiger partial charge in [-0.3, -0.25) is 0 Å².